The van der Waals surface area contributed by atoms with Crippen molar-refractivity contribution < 1.29 is 4.79 Å². The zero-order valence-electron chi connectivity index (χ0n) is 12.5. The van der Waals surface area contributed by atoms with E-state index in [1.54, 1.807) is 0 Å². The van der Waals surface area contributed by atoms with Crippen LogP contribution in [0.15, 0.2) is 0 Å². The van der Waals surface area contributed by atoms with Crippen LogP contribution >= 0.6 is 11.3 Å². The highest BCUT2D eigenvalue weighted by molar-refractivity contribution is 7.18. The monoisotopic (exact) mass is 308 g/mol. The van der Waals surface area contributed by atoms with Gasteiger partial charge in [-0.05, 0) is 32.1 Å². The maximum Gasteiger partial charge on any atom is 0.267 e. The molecular formula is C15H24N4OS. The Morgan fingerprint density at radius 2 is 1.52 bits per heavy atom. The molecule has 0 saturated carbocycles. The Kier molecular flexibility index (Phi) is 4.63. The molecule has 2 saturated heterocycles. The van der Waals surface area contributed by atoms with E-state index in [0.29, 0.717) is 10.7 Å². The second-order valence-corrected chi connectivity index (χ2v) is 6.94. The van der Waals surface area contributed by atoms with Gasteiger partial charge in [0.2, 0.25) is 0 Å². The number of rotatable bonds is 2. The summed E-state index contributed by atoms with van der Waals surface area (Å²) in [4.78, 5) is 21.9. The number of hydrogen-bond donors (Lipinski definition) is 1. The third-order valence-electron chi connectivity index (χ3n) is 4.36. The fraction of sp³-hybridized carbons (Fsp3) is 0.733. The van der Waals surface area contributed by atoms with Crippen LogP contribution in [0, 0.1) is 0 Å². The summed E-state index contributed by atoms with van der Waals surface area (Å²) in [5, 5.41) is 0.926. The fourth-order valence-corrected chi connectivity index (χ4v) is 4.12. The van der Waals surface area contributed by atoms with E-state index in [0.717, 1.165) is 44.2 Å². The van der Waals surface area contributed by atoms with Crippen molar-refractivity contribution >= 4 is 28.2 Å². The van der Waals surface area contributed by atoms with Crippen molar-refractivity contribution in [2.45, 2.75) is 44.9 Å². The number of nitrogen functional groups attached to an aromatic ring is 1. The Hall–Kier alpha value is -1.30. The van der Waals surface area contributed by atoms with Crippen LogP contribution < -0.4 is 10.6 Å². The Labute approximate surface area is 130 Å². The molecule has 0 aromatic carbocycles. The number of nitrogens with zero attached hydrogens (tertiary/aromatic N) is 3. The number of aromatic nitrogens is 1. The summed E-state index contributed by atoms with van der Waals surface area (Å²) < 4.78 is 0. The third-order valence-corrected chi connectivity index (χ3v) is 5.48. The summed E-state index contributed by atoms with van der Waals surface area (Å²) in [6, 6.07) is 0. The number of thiazole rings is 1. The number of piperidine rings is 1. The first-order chi connectivity index (χ1) is 10.3. The Morgan fingerprint density at radius 3 is 2.19 bits per heavy atom. The molecule has 1 aromatic rings. The normalized spacial score (nSPS) is 20.4. The first-order valence-corrected chi connectivity index (χ1v) is 8.88. The van der Waals surface area contributed by atoms with Crippen LogP contribution in [0.4, 0.5) is 10.9 Å². The van der Waals surface area contributed by atoms with Crippen LogP contribution in [0.2, 0.25) is 0 Å². The summed E-state index contributed by atoms with van der Waals surface area (Å²) in [5.41, 5.74) is 6.02. The van der Waals surface area contributed by atoms with Gasteiger partial charge in [-0.3, -0.25) is 4.79 Å². The van der Waals surface area contributed by atoms with Crippen LogP contribution in [-0.2, 0) is 0 Å². The van der Waals surface area contributed by atoms with E-state index in [9.17, 15) is 4.79 Å². The number of amides is 1. The fourth-order valence-electron chi connectivity index (χ4n) is 3.11. The Balaban J connectivity index is 1.75. The molecule has 0 spiro atoms. The molecule has 0 aliphatic carbocycles. The zero-order valence-corrected chi connectivity index (χ0v) is 13.3. The van der Waals surface area contributed by atoms with Crippen LogP contribution in [-0.4, -0.2) is 42.0 Å². The molecule has 3 rings (SSSR count). The van der Waals surface area contributed by atoms with Gasteiger partial charge in [0.25, 0.3) is 5.91 Å². The molecular weight excluding hydrogens is 284 g/mol. The predicted molar refractivity (Wildman–Crippen MR) is 87.0 cm³/mol. The second kappa shape index (κ2) is 6.64. The van der Waals surface area contributed by atoms with Crippen molar-refractivity contribution in [2.24, 2.45) is 0 Å². The average Bonchev–Trinajstić information content (AvgIpc) is 2.74. The van der Waals surface area contributed by atoms with Crippen LogP contribution in [0.25, 0.3) is 0 Å². The Morgan fingerprint density at radius 1 is 0.952 bits per heavy atom. The first kappa shape index (κ1) is 14.6. The molecule has 116 valence electrons. The lowest BCUT2D eigenvalue weighted by atomic mass is 10.1. The zero-order chi connectivity index (χ0) is 14.7. The second-order valence-electron chi connectivity index (χ2n) is 5.96. The summed E-state index contributed by atoms with van der Waals surface area (Å²) in [6.07, 6.45) is 8.41. The minimum atomic E-state index is 0.0748. The van der Waals surface area contributed by atoms with Crippen LogP contribution in [0.1, 0.15) is 54.6 Å². The number of likely N-dealkylation sites (tertiary alicyclic amines) is 1. The molecule has 1 amide bonds. The van der Waals surface area contributed by atoms with E-state index in [1.165, 1.54) is 43.4 Å². The molecule has 21 heavy (non-hydrogen) atoms. The van der Waals surface area contributed by atoms with Crippen molar-refractivity contribution in [2.75, 3.05) is 36.8 Å². The average molecular weight is 308 g/mol. The van der Waals surface area contributed by atoms with Crippen molar-refractivity contribution in [3.63, 3.8) is 0 Å². The lowest BCUT2D eigenvalue weighted by Gasteiger charge is -2.26. The maximum absolute atomic E-state index is 12.6. The van der Waals surface area contributed by atoms with Crippen molar-refractivity contribution in [1.82, 2.24) is 9.88 Å². The molecule has 0 bridgehead atoms. The molecule has 0 unspecified atom stereocenters. The molecule has 6 heteroatoms. The quantitative estimate of drug-likeness (QED) is 0.912. The summed E-state index contributed by atoms with van der Waals surface area (Å²) in [5.74, 6) is 0.487. The summed E-state index contributed by atoms with van der Waals surface area (Å²) >= 11 is 1.48. The highest BCUT2D eigenvalue weighted by Gasteiger charge is 2.25. The lowest BCUT2D eigenvalue weighted by molar-refractivity contribution is 0.0730. The van der Waals surface area contributed by atoms with Gasteiger partial charge in [0.15, 0.2) is 5.13 Å². The molecule has 2 aliphatic rings. The van der Waals surface area contributed by atoms with Gasteiger partial charge in [0, 0.05) is 26.2 Å². The largest absolute Gasteiger partial charge is 0.382 e. The van der Waals surface area contributed by atoms with Gasteiger partial charge in [-0.25, -0.2) is 4.98 Å². The van der Waals surface area contributed by atoms with E-state index in [1.807, 2.05) is 4.90 Å². The summed E-state index contributed by atoms with van der Waals surface area (Å²) in [7, 11) is 0. The van der Waals surface area contributed by atoms with Crippen molar-refractivity contribution in [1.29, 1.82) is 0 Å². The topological polar surface area (TPSA) is 62.5 Å². The van der Waals surface area contributed by atoms with E-state index in [4.69, 9.17) is 5.73 Å². The van der Waals surface area contributed by atoms with E-state index >= 15 is 0 Å². The molecule has 3 heterocycles. The van der Waals surface area contributed by atoms with E-state index in [2.05, 4.69) is 9.88 Å². The molecule has 2 N–H and O–H groups in total. The number of anilines is 2. The van der Waals surface area contributed by atoms with E-state index in [-0.39, 0.29) is 5.91 Å². The molecule has 5 nitrogen and oxygen atoms in total. The number of carbonyl (C=O) groups excluding carboxylic acids is 1. The van der Waals surface area contributed by atoms with Gasteiger partial charge in [-0.1, -0.05) is 24.2 Å². The van der Waals surface area contributed by atoms with Crippen molar-refractivity contribution in [3.8, 4) is 0 Å². The first-order valence-electron chi connectivity index (χ1n) is 8.06. The highest BCUT2D eigenvalue weighted by Crippen LogP contribution is 2.31. The van der Waals surface area contributed by atoms with Gasteiger partial charge >= 0.3 is 0 Å². The smallest absolute Gasteiger partial charge is 0.267 e. The van der Waals surface area contributed by atoms with Crippen LogP contribution in [0.3, 0.4) is 0 Å². The SMILES string of the molecule is Nc1nc(N2CCCCCC2)sc1C(=O)N1CCCCC1. The van der Waals surface area contributed by atoms with Gasteiger partial charge in [0.05, 0.1) is 0 Å². The third kappa shape index (κ3) is 3.31. The molecule has 0 radical (unpaired) electrons. The van der Waals surface area contributed by atoms with Gasteiger partial charge in [0.1, 0.15) is 10.7 Å². The minimum Gasteiger partial charge on any atom is -0.382 e. The van der Waals surface area contributed by atoms with Crippen LogP contribution in [0.5, 0.6) is 0 Å². The molecule has 2 aliphatic heterocycles. The molecule has 1 aromatic heterocycles. The van der Waals surface area contributed by atoms with Gasteiger partial charge in [-0.2, -0.15) is 0 Å². The minimum absolute atomic E-state index is 0.0748. The Bertz CT molecular complexity index is 488. The van der Waals surface area contributed by atoms with Gasteiger partial charge in [-0.15, -0.1) is 0 Å². The maximum atomic E-state index is 12.6. The lowest BCUT2D eigenvalue weighted by Crippen LogP contribution is -2.35. The van der Waals surface area contributed by atoms with Gasteiger partial charge < -0.3 is 15.5 Å². The molecule has 0 atom stereocenters. The predicted octanol–water partition coefficient (Wildman–Crippen LogP) is 2.73. The number of hydrogen-bond acceptors (Lipinski definition) is 5. The standard InChI is InChI=1S/C15H24N4OS/c16-13-12(14(20)18-8-6-3-7-9-18)21-15(17-13)19-10-4-1-2-5-11-19/h1-11,16H2. The van der Waals surface area contributed by atoms with E-state index < -0.39 is 0 Å². The molecule has 2 fully saturated rings. The number of carbonyl (C=O) groups is 1. The summed E-state index contributed by atoms with van der Waals surface area (Å²) in [6.45, 7) is 3.78. The number of nitrogens with two attached hydrogens (primary N) is 1. The highest BCUT2D eigenvalue weighted by atomic mass is 32.1. The van der Waals surface area contributed by atoms with Crippen molar-refractivity contribution in [3.05, 3.63) is 4.88 Å².